The number of para-hydroxylation sites is 1. The minimum atomic E-state index is -1.12. The molecule has 0 radical (unpaired) electrons. The SMILES string of the molecule is CC1=C(C)C(C)(C)[C]([Zr+2][O]c2c(C(C)C)cccc2C(C)C)=C1C.[Cl-].[Cl-]. The van der Waals surface area contributed by atoms with Crippen LogP contribution < -0.4 is 27.6 Å². The summed E-state index contributed by atoms with van der Waals surface area (Å²) in [6.45, 7) is 20.6. The van der Waals surface area contributed by atoms with Crippen LogP contribution in [-0.2, 0) is 23.7 Å². The van der Waals surface area contributed by atoms with E-state index in [1.165, 1.54) is 33.6 Å². The van der Waals surface area contributed by atoms with E-state index in [4.69, 9.17) is 2.81 Å². The Kier molecular flexibility index (Phi) is 9.93. The van der Waals surface area contributed by atoms with Crippen LogP contribution in [0.4, 0.5) is 0 Å². The van der Waals surface area contributed by atoms with E-state index in [1.54, 1.807) is 3.28 Å². The molecule has 0 N–H and O–H groups in total. The van der Waals surface area contributed by atoms with Crippen molar-refractivity contribution in [2.75, 3.05) is 0 Å². The van der Waals surface area contributed by atoms with Gasteiger partial charge < -0.3 is 24.8 Å². The Morgan fingerprint density at radius 1 is 0.846 bits per heavy atom. The molecule has 144 valence electrons. The van der Waals surface area contributed by atoms with Gasteiger partial charge in [0.25, 0.3) is 0 Å². The fourth-order valence-electron chi connectivity index (χ4n) is 3.50. The summed E-state index contributed by atoms with van der Waals surface area (Å²) in [4.78, 5) is 0. The summed E-state index contributed by atoms with van der Waals surface area (Å²) in [7, 11) is 0. The Balaban J connectivity index is 0.00000312. The molecule has 1 aliphatic rings. The van der Waals surface area contributed by atoms with Crippen molar-refractivity contribution in [3.05, 3.63) is 49.3 Å². The Morgan fingerprint density at radius 3 is 1.65 bits per heavy atom. The Labute approximate surface area is 185 Å². The van der Waals surface area contributed by atoms with E-state index in [-0.39, 0.29) is 30.2 Å². The van der Waals surface area contributed by atoms with E-state index in [0.29, 0.717) is 11.8 Å². The summed E-state index contributed by atoms with van der Waals surface area (Å²) in [5.41, 5.74) is 7.36. The van der Waals surface area contributed by atoms with Gasteiger partial charge in [0.1, 0.15) is 0 Å². The first kappa shape index (κ1) is 26.0. The maximum atomic E-state index is 6.66. The van der Waals surface area contributed by atoms with Crippen LogP contribution in [0.2, 0.25) is 0 Å². The van der Waals surface area contributed by atoms with Gasteiger partial charge in [0.05, 0.1) is 0 Å². The zero-order chi connectivity index (χ0) is 18.2. The fourth-order valence-corrected chi connectivity index (χ4v) is 6.51. The van der Waals surface area contributed by atoms with E-state index in [0.717, 1.165) is 0 Å². The normalized spacial score (nSPS) is 15.8. The van der Waals surface area contributed by atoms with E-state index in [2.05, 4.69) is 80.5 Å². The van der Waals surface area contributed by atoms with Crippen molar-refractivity contribution in [3.63, 3.8) is 0 Å². The summed E-state index contributed by atoms with van der Waals surface area (Å²) in [5, 5.41) is 0. The molecule has 0 saturated carbocycles. The van der Waals surface area contributed by atoms with Crippen LogP contribution in [0.3, 0.4) is 0 Å². The van der Waals surface area contributed by atoms with Gasteiger partial charge in [-0.2, -0.15) is 0 Å². The molecular weight excluding hydrogens is 442 g/mol. The molecular formula is C22H32Cl2OZr. The molecule has 0 aromatic heterocycles. The Morgan fingerprint density at radius 2 is 1.31 bits per heavy atom. The van der Waals surface area contributed by atoms with Crippen LogP contribution in [-0.4, -0.2) is 0 Å². The van der Waals surface area contributed by atoms with Crippen LogP contribution in [0, 0.1) is 5.41 Å². The molecule has 0 amide bonds. The topological polar surface area (TPSA) is 9.23 Å². The van der Waals surface area contributed by atoms with Gasteiger partial charge in [-0.3, -0.25) is 0 Å². The van der Waals surface area contributed by atoms with Crippen molar-refractivity contribution in [2.24, 2.45) is 5.41 Å². The molecule has 0 bridgehead atoms. The average molecular weight is 475 g/mol. The zero-order valence-corrected chi connectivity index (χ0v) is 21.5. The average Bonchev–Trinajstić information content (AvgIpc) is 2.65. The molecule has 26 heavy (non-hydrogen) atoms. The van der Waals surface area contributed by atoms with Crippen molar-refractivity contribution in [2.45, 2.75) is 74.1 Å². The van der Waals surface area contributed by atoms with Gasteiger partial charge in [0.15, 0.2) is 0 Å². The number of halogens is 2. The van der Waals surface area contributed by atoms with Crippen molar-refractivity contribution < 1.29 is 51.3 Å². The predicted octanol–water partition coefficient (Wildman–Crippen LogP) is 0.968. The van der Waals surface area contributed by atoms with Crippen LogP contribution in [0.25, 0.3) is 0 Å². The van der Waals surface area contributed by atoms with Crippen LogP contribution in [0.5, 0.6) is 5.75 Å². The number of benzene rings is 1. The molecule has 0 fully saturated rings. The van der Waals surface area contributed by atoms with E-state index in [1.807, 2.05) is 0 Å². The summed E-state index contributed by atoms with van der Waals surface area (Å²) in [6.07, 6.45) is 0. The number of hydrogen-bond acceptors (Lipinski definition) is 1. The second-order valence-electron chi connectivity index (χ2n) is 8.15. The first-order valence-corrected chi connectivity index (χ1v) is 11.3. The quantitative estimate of drug-likeness (QED) is 0.618. The van der Waals surface area contributed by atoms with Gasteiger partial charge in [0, 0.05) is 0 Å². The molecule has 2 rings (SSSR count). The summed E-state index contributed by atoms with van der Waals surface area (Å²) in [5.74, 6) is 2.16. The standard InChI is InChI=1S/C12H18O.C10H15.2ClH.Zr/c1-8(2)10-6-5-7-11(9(3)4)12(10)13;1-7-6-10(4,5)9(3)8(7)2;;;/h5-9,13H,1-4H3;1-5H3;2*1H;/q;;;;+3/p-3. The molecule has 1 aliphatic carbocycles. The largest absolute Gasteiger partial charge is 1.00 e. The predicted molar refractivity (Wildman–Crippen MR) is 100 cm³/mol. The van der Waals surface area contributed by atoms with Gasteiger partial charge in [0.2, 0.25) is 0 Å². The van der Waals surface area contributed by atoms with E-state index in [9.17, 15) is 0 Å². The molecule has 4 heteroatoms. The van der Waals surface area contributed by atoms with Crippen molar-refractivity contribution in [1.82, 2.24) is 0 Å². The fraction of sp³-hybridized carbons (Fsp3) is 0.545. The van der Waals surface area contributed by atoms with E-state index >= 15 is 0 Å². The monoisotopic (exact) mass is 472 g/mol. The minimum absolute atomic E-state index is 0. The van der Waals surface area contributed by atoms with Gasteiger partial charge in [-0.25, -0.2) is 0 Å². The smallest absolute Gasteiger partial charge is 1.00 e. The molecule has 1 nitrogen and oxygen atoms in total. The van der Waals surface area contributed by atoms with Crippen LogP contribution in [0.15, 0.2) is 38.2 Å². The number of rotatable bonds is 5. The van der Waals surface area contributed by atoms with Gasteiger partial charge in [-0.05, 0) is 0 Å². The molecule has 1 aromatic carbocycles. The van der Waals surface area contributed by atoms with Gasteiger partial charge >= 0.3 is 161 Å². The first-order valence-electron chi connectivity index (χ1n) is 9.04. The molecule has 0 unspecified atom stereocenters. The third kappa shape index (κ3) is 4.87. The third-order valence-electron chi connectivity index (χ3n) is 5.64. The summed E-state index contributed by atoms with van der Waals surface area (Å²) < 4.78 is 8.25. The first-order chi connectivity index (χ1) is 11.1. The van der Waals surface area contributed by atoms with E-state index < -0.39 is 23.7 Å². The molecule has 0 saturated heterocycles. The van der Waals surface area contributed by atoms with Gasteiger partial charge in [-0.1, -0.05) is 0 Å². The third-order valence-corrected chi connectivity index (χ3v) is 9.35. The number of hydrogen-bond donors (Lipinski definition) is 0. The molecule has 0 atom stereocenters. The van der Waals surface area contributed by atoms with Crippen molar-refractivity contribution in [1.29, 1.82) is 0 Å². The summed E-state index contributed by atoms with van der Waals surface area (Å²) >= 11 is -1.12. The Hall–Kier alpha value is -0.0369. The molecule has 0 aliphatic heterocycles. The molecule has 1 aromatic rings. The van der Waals surface area contributed by atoms with Crippen molar-refractivity contribution in [3.8, 4) is 5.75 Å². The number of allylic oxidation sites excluding steroid dienone is 4. The maximum absolute atomic E-state index is 6.66. The summed E-state index contributed by atoms with van der Waals surface area (Å²) in [6, 6.07) is 6.66. The zero-order valence-electron chi connectivity index (χ0n) is 17.6. The van der Waals surface area contributed by atoms with Crippen LogP contribution in [0.1, 0.15) is 85.3 Å². The molecule has 0 heterocycles. The van der Waals surface area contributed by atoms with Crippen molar-refractivity contribution >= 4 is 0 Å². The maximum Gasteiger partial charge on any atom is -1.00 e. The second-order valence-corrected chi connectivity index (χ2v) is 10.4. The van der Waals surface area contributed by atoms with Gasteiger partial charge in [-0.15, -0.1) is 0 Å². The molecule has 0 spiro atoms. The minimum Gasteiger partial charge on any atom is -1.00 e. The Bertz CT molecular complexity index is 674. The van der Waals surface area contributed by atoms with Crippen LogP contribution >= 0.6 is 0 Å². The second kappa shape index (κ2) is 9.95.